The van der Waals surface area contributed by atoms with E-state index in [1.54, 1.807) is 6.92 Å². The van der Waals surface area contributed by atoms with Gasteiger partial charge in [-0.3, -0.25) is 0 Å². The number of aliphatic hydroxyl groups is 2. The average molecular weight is 238 g/mol. The second kappa shape index (κ2) is 5.83. The number of allylic oxidation sites excluding steroid dienone is 1. The largest absolute Gasteiger partial charge is 0.389 e. The quantitative estimate of drug-likeness (QED) is 0.689. The maximum Gasteiger partial charge on any atom is 0.0800 e. The predicted octanol–water partition coefficient (Wildman–Crippen LogP) is 3.06. The molecule has 2 nitrogen and oxygen atoms in total. The van der Waals surface area contributed by atoms with E-state index < -0.39 is 11.7 Å². The molecule has 1 rings (SSSR count). The van der Waals surface area contributed by atoms with Crippen molar-refractivity contribution in [2.45, 2.75) is 58.2 Å². The van der Waals surface area contributed by atoms with Crippen LogP contribution in [0.25, 0.3) is 0 Å². The minimum absolute atomic E-state index is 0.448. The molecule has 0 spiro atoms. The highest BCUT2D eigenvalue weighted by atomic mass is 16.3. The molecular weight excluding hydrogens is 212 g/mol. The molecule has 17 heavy (non-hydrogen) atoms. The van der Waals surface area contributed by atoms with E-state index in [2.05, 4.69) is 26.5 Å². The fourth-order valence-corrected chi connectivity index (χ4v) is 2.22. The van der Waals surface area contributed by atoms with E-state index >= 15 is 0 Å². The molecule has 98 valence electrons. The van der Waals surface area contributed by atoms with E-state index in [-0.39, 0.29) is 0 Å². The van der Waals surface area contributed by atoms with Gasteiger partial charge >= 0.3 is 0 Å². The highest BCUT2D eigenvalue weighted by molar-refractivity contribution is 5.08. The first kappa shape index (κ1) is 14.5. The van der Waals surface area contributed by atoms with Crippen molar-refractivity contribution < 1.29 is 10.2 Å². The van der Waals surface area contributed by atoms with Crippen molar-refractivity contribution in [2.24, 2.45) is 11.8 Å². The molecule has 3 atom stereocenters. The summed E-state index contributed by atoms with van der Waals surface area (Å²) in [5.41, 5.74) is 0.0906. The van der Waals surface area contributed by atoms with Crippen molar-refractivity contribution in [3.05, 3.63) is 24.3 Å². The Morgan fingerprint density at radius 2 is 2.06 bits per heavy atom. The summed E-state index contributed by atoms with van der Waals surface area (Å²) in [6.07, 6.45) is 6.60. The van der Waals surface area contributed by atoms with Crippen molar-refractivity contribution in [3.8, 4) is 0 Å². The Hall–Kier alpha value is -0.600. The highest BCUT2D eigenvalue weighted by Crippen LogP contribution is 2.27. The minimum Gasteiger partial charge on any atom is -0.389 e. The molecule has 0 amide bonds. The first-order valence-corrected chi connectivity index (χ1v) is 6.59. The lowest BCUT2D eigenvalue weighted by Gasteiger charge is -2.26. The number of rotatable bonds is 1. The number of hydrogen-bond donors (Lipinski definition) is 2. The van der Waals surface area contributed by atoms with Crippen LogP contribution in [-0.4, -0.2) is 21.9 Å². The summed E-state index contributed by atoms with van der Waals surface area (Å²) in [6.45, 7) is 10.1. The van der Waals surface area contributed by atoms with Gasteiger partial charge in [-0.2, -0.15) is 0 Å². The molecule has 0 unspecified atom stereocenters. The molecular formula is C15H26O2. The van der Waals surface area contributed by atoms with Gasteiger partial charge in [0.15, 0.2) is 0 Å². The van der Waals surface area contributed by atoms with E-state index in [9.17, 15) is 10.2 Å². The fourth-order valence-electron chi connectivity index (χ4n) is 2.22. The molecule has 0 bridgehead atoms. The summed E-state index contributed by atoms with van der Waals surface area (Å²) in [5, 5.41) is 20.1. The lowest BCUT2D eigenvalue weighted by molar-refractivity contribution is 0.0781. The van der Waals surface area contributed by atoms with Gasteiger partial charge < -0.3 is 10.2 Å². The van der Waals surface area contributed by atoms with E-state index in [0.29, 0.717) is 24.7 Å². The molecule has 0 fully saturated rings. The normalized spacial score (nSPS) is 38.1. The van der Waals surface area contributed by atoms with Gasteiger partial charge in [0.25, 0.3) is 0 Å². The predicted molar refractivity (Wildman–Crippen MR) is 71.7 cm³/mol. The van der Waals surface area contributed by atoms with Gasteiger partial charge in [0, 0.05) is 0 Å². The van der Waals surface area contributed by atoms with Crippen LogP contribution in [0.15, 0.2) is 24.3 Å². The van der Waals surface area contributed by atoms with E-state index in [0.717, 1.165) is 18.4 Å². The monoisotopic (exact) mass is 238 g/mol. The maximum atomic E-state index is 10.2. The van der Waals surface area contributed by atoms with Crippen LogP contribution in [0.4, 0.5) is 0 Å². The lowest BCUT2D eigenvalue weighted by Crippen LogP contribution is -2.25. The molecule has 2 heteroatoms. The summed E-state index contributed by atoms with van der Waals surface area (Å²) in [5.74, 6) is 0.995. The maximum absolute atomic E-state index is 10.2. The van der Waals surface area contributed by atoms with Gasteiger partial charge in [-0.05, 0) is 50.0 Å². The molecule has 2 N–H and O–H groups in total. The van der Waals surface area contributed by atoms with Gasteiger partial charge in [-0.25, -0.2) is 0 Å². The van der Waals surface area contributed by atoms with Crippen LogP contribution in [0.5, 0.6) is 0 Å². The second-order valence-corrected chi connectivity index (χ2v) is 5.88. The Labute approximate surface area is 105 Å². The molecule has 0 radical (unpaired) electrons. The molecule has 0 aromatic heterocycles. The molecule has 0 heterocycles. The zero-order valence-electron chi connectivity index (χ0n) is 11.3. The Kier molecular flexibility index (Phi) is 4.96. The highest BCUT2D eigenvalue weighted by Gasteiger charge is 2.23. The van der Waals surface area contributed by atoms with E-state index in [1.807, 2.05) is 6.08 Å². The topological polar surface area (TPSA) is 40.5 Å². The second-order valence-electron chi connectivity index (χ2n) is 5.88. The Bertz CT molecular complexity index is 289. The zero-order chi connectivity index (χ0) is 13.1. The number of hydrogen-bond acceptors (Lipinski definition) is 2. The molecule has 0 saturated carbocycles. The number of aliphatic hydroxyl groups excluding tert-OH is 1. The van der Waals surface area contributed by atoms with Crippen molar-refractivity contribution in [1.29, 1.82) is 0 Å². The van der Waals surface area contributed by atoms with E-state index in [4.69, 9.17) is 0 Å². The van der Waals surface area contributed by atoms with Crippen LogP contribution < -0.4 is 0 Å². The summed E-state index contributed by atoms with van der Waals surface area (Å²) >= 11 is 0. The van der Waals surface area contributed by atoms with Crippen LogP contribution in [0.3, 0.4) is 0 Å². The molecule has 0 saturated heterocycles. The first-order valence-electron chi connectivity index (χ1n) is 6.59. The standard InChI is InChI=1S/C15H26O2/c1-11(2)13-6-5-12(3)14(16)8-10-15(4,17)9-7-13/h7,9,11,13-14,16-17H,3,5-6,8,10H2,1-2,4H3/b9-7+/t13-,14-,15-/m0/s1. The third-order valence-electron chi connectivity index (χ3n) is 3.75. The smallest absolute Gasteiger partial charge is 0.0800 e. The Morgan fingerprint density at radius 3 is 2.65 bits per heavy atom. The van der Waals surface area contributed by atoms with Gasteiger partial charge in [0.1, 0.15) is 0 Å². The summed E-state index contributed by atoms with van der Waals surface area (Å²) in [4.78, 5) is 0. The third-order valence-corrected chi connectivity index (χ3v) is 3.75. The van der Waals surface area contributed by atoms with Gasteiger partial charge in [0.2, 0.25) is 0 Å². The summed E-state index contributed by atoms with van der Waals surface area (Å²) in [6, 6.07) is 0. The zero-order valence-corrected chi connectivity index (χ0v) is 11.3. The SMILES string of the molecule is C=C1CC[C@H](C(C)C)/C=C/[C@](C)(O)CC[C@@H]1O. The third kappa shape index (κ3) is 4.64. The van der Waals surface area contributed by atoms with Crippen molar-refractivity contribution in [1.82, 2.24) is 0 Å². The first-order chi connectivity index (χ1) is 7.82. The van der Waals surface area contributed by atoms with Crippen LogP contribution in [0.1, 0.15) is 46.5 Å². The van der Waals surface area contributed by atoms with Crippen LogP contribution >= 0.6 is 0 Å². The van der Waals surface area contributed by atoms with E-state index in [1.165, 1.54) is 0 Å². The Balaban J connectivity index is 2.83. The van der Waals surface area contributed by atoms with Crippen molar-refractivity contribution in [2.75, 3.05) is 0 Å². The molecule has 1 aliphatic rings. The van der Waals surface area contributed by atoms with Crippen LogP contribution in [-0.2, 0) is 0 Å². The van der Waals surface area contributed by atoms with Crippen LogP contribution in [0.2, 0.25) is 0 Å². The molecule has 0 aromatic carbocycles. The average Bonchev–Trinajstić information content (AvgIpc) is 2.24. The molecule has 1 aliphatic carbocycles. The van der Waals surface area contributed by atoms with Crippen LogP contribution in [0, 0.1) is 11.8 Å². The van der Waals surface area contributed by atoms with Gasteiger partial charge in [-0.1, -0.05) is 32.6 Å². The fraction of sp³-hybridized carbons (Fsp3) is 0.733. The van der Waals surface area contributed by atoms with Gasteiger partial charge in [0.05, 0.1) is 11.7 Å². The minimum atomic E-state index is -0.814. The Morgan fingerprint density at radius 1 is 1.41 bits per heavy atom. The van der Waals surface area contributed by atoms with Crippen molar-refractivity contribution >= 4 is 0 Å². The summed E-state index contributed by atoms with van der Waals surface area (Å²) < 4.78 is 0. The lowest BCUT2D eigenvalue weighted by atomic mass is 9.84. The van der Waals surface area contributed by atoms with Gasteiger partial charge in [-0.15, -0.1) is 0 Å². The van der Waals surface area contributed by atoms with Crippen molar-refractivity contribution in [3.63, 3.8) is 0 Å². The summed E-state index contributed by atoms with van der Waals surface area (Å²) in [7, 11) is 0. The molecule has 0 aromatic rings. The molecule has 0 aliphatic heterocycles.